The highest BCUT2D eigenvalue weighted by molar-refractivity contribution is 9.11. The minimum absolute atomic E-state index is 0.206. The Morgan fingerprint density at radius 3 is 2.76 bits per heavy atom. The number of amides is 1. The van der Waals surface area contributed by atoms with E-state index in [1.165, 1.54) is 11.3 Å². The van der Waals surface area contributed by atoms with Gasteiger partial charge in [-0.15, -0.1) is 11.3 Å². The maximum absolute atomic E-state index is 11.9. The third kappa shape index (κ3) is 2.34. The molecule has 7 heteroatoms. The Kier molecular flexibility index (Phi) is 3.21. The lowest BCUT2D eigenvalue weighted by Gasteiger charge is -2.00. The van der Waals surface area contributed by atoms with Gasteiger partial charge in [0.2, 0.25) is 0 Å². The van der Waals surface area contributed by atoms with Crippen LogP contribution in [0.25, 0.3) is 0 Å². The second-order valence-corrected chi connectivity index (χ2v) is 6.00. The van der Waals surface area contributed by atoms with Crippen LogP contribution in [0.1, 0.15) is 20.9 Å². The van der Waals surface area contributed by atoms with Crippen LogP contribution in [0.5, 0.6) is 0 Å². The van der Waals surface area contributed by atoms with Crippen LogP contribution in [0.4, 0.5) is 11.5 Å². The Morgan fingerprint density at radius 2 is 2.29 bits per heavy atom. The summed E-state index contributed by atoms with van der Waals surface area (Å²) in [6.45, 7) is 3.73. The number of anilines is 2. The number of aromatic amines is 1. The van der Waals surface area contributed by atoms with Gasteiger partial charge in [-0.05, 0) is 41.4 Å². The molecule has 2 rings (SSSR count). The summed E-state index contributed by atoms with van der Waals surface area (Å²) in [6.07, 6.45) is 0. The van der Waals surface area contributed by atoms with Crippen molar-refractivity contribution in [2.24, 2.45) is 0 Å². The van der Waals surface area contributed by atoms with Gasteiger partial charge in [-0.3, -0.25) is 9.89 Å². The second kappa shape index (κ2) is 4.50. The number of nitrogen functional groups attached to an aromatic ring is 1. The fourth-order valence-electron chi connectivity index (χ4n) is 1.27. The topological polar surface area (TPSA) is 83.8 Å². The Hall–Kier alpha value is -1.34. The minimum atomic E-state index is -0.206. The number of nitrogens with two attached hydrogens (primary N) is 1. The average Bonchev–Trinajstić information content (AvgIpc) is 2.77. The van der Waals surface area contributed by atoms with Crippen LogP contribution in [0.2, 0.25) is 0 Å². The molecule has 0 saturated heterocycles. The third-order valence-electron chi connectivity index (χ3n) is 2.31. The van der Waals surface area contributed by atoms with E-state index in [1.807, 2.05) is 13.0 Å². The Bertz CT molecular complexity index is 555. The van der Waals surface area contributed by atoms with Crippen molar-refractivity contribution in [1.82, 2.24) is 10.2 Å². The SMILES string of the molecule is Cc1cc(C(=O)Nc2n[nH]c(C)c2N)sc1Br. The molecule has 0 fully saturated rings. The van der Waals surface area contributed by atoms with E-state index in [4.69, 9.17) is 5.73 Å². The predicted octanol–water partition coefficient (Wildman–Crippen LogP) is 2.69. The van der Waals surface area contributed by atoms with Crippen molar-refractivity contribution in [2.75, 3.05) is 11.1 Å². The predicted molar refractivity (Wildman–Crippen MR) is 72.4 cm³/mol. The van der Waals surface area contributed by atoms with E-state index in [0.29, 0.717) is 16.4 Å². The molecule has 2 heterocycles. The van der Waals surface area contributed by atoms with Gasteiger partial charge in [0, 0.05) is 0 Å². The Labute approximate surface area is 111 Å². The number of thiophene rings is 1. The van der Waals surface area contributed by atoms with Crippen LogP contribution >= 0.6 is 27.3 Å². The molecule has 4 N–H and O–H groups in total. The van der Waals surface area contributed by atoms with Crippen molar-refractivity contribution in [3.05, 3.63) is 26.0 Å². The van der Waals surface area contributed by atoms with Gasteiger partial charge in [0.1, 0.15) is 0 Å². The highest BCUT2D eigenvalue weighted by Crippen LogP contribution is 2.28. The maximum atomic E-state index is 11.9. The molecule has 0 spiro atoms. The zero-order chi connectivity index (χ0) is 12.6. The fraction of sp³-hybridized carbons (Fsp3) is 0.200. The number of hydrogen-bond acceptors (Lipinski definition) is 4. The molecule has 90 valence electrons. The van der Waals surface area contributed by atoms with Crippen molar-refractivity contribution in [3.63, 3.8) is 0 Å². The average molecular weight is 315 g/mol. The lowest BCUT2D eigenvalue weighted by Crippen LogP contribution is -2.11. The molecule has 0 aliphatic rings. The minimum Gasteiger partial charge on any atom is -0.394 e. The number of hydrogen-bond donors (Lipinski definition) is 3. The normalized spacial score (nSPS) is 10.5. The van der Waals surface area contributed by atoms with Crippen molar-refractivity contribution in [2.45, 2.75) is 13.8 Å². The van der Waals surface area contributed by atoms with Gasteiger partial charge in [-0.1, -0.05) is 0 Å². The van der Waals surface area contributed by atoms with E-state index < -0.39 is 0 Å². The van der Waals surface area contributed by atoms with Crippen molar-refractivity contribution < 1.29 is 4.79 Å². The number of aromatic nitrogens is 2. The zero-order valence-corrected chi connectivity index (χ0v) is 11.7. The number of nitrogens with zero attached hydrogens (tertiary/aromatic N) is 1. The van der Waals surface area contributed by atoms with E-state index in [9.17, 15) is 4.79 Å². The van der Waals surface area contributed by atoms with Crippen LogP contribution in [0.15, 0.2) is 9.85 Å². The van der Waals surface area contributed by atoms with Crippen LogP contribution in [-0.4, -0.2) is 16.1 Å². The first-order chi connectivity index (χ1) is 7.99. The van der Waals surface area contributed by atoms with Crippen LogP contribution in [-0.2, 0) is 0 Å². The van der Waals surface area contributed by atoms with Crippen molar-refractivity contribution in [1.29, 1.82) is 0 Å². The molecule has 0 bridgehead atoms. The van der Waals surface area contributed by atoms with Crippen molar-refractivity contribution in [3.8, 4) is 0 Å². The zero-order valence-electron chi connectivity index (χ0n) is 9.30. The van der Waals surface area contributed by atoms with E-state index in [1.54, 1.807) is 6.92 Å². The summed E-state index contributed by atoms with van der Waals surface area (Å²) in [7, 11) is 0. The molecule has 2 aromatic rings. The van der Waals surface area contributed by atoms with Crippen LogP contribution in [0, 0.1) is 13.8 Å². The molecule has 0 saturated carbocycles. The number of aryl methyl sites for hydroxylation is 2. The quantitative estimate of drug-likeness (QED) is 0.796. The first-order valence-corrected chi connectivity index (χ1v) is 6.47. The summed E-state index contributed by atoms with van der Waals surface area (Å²) in [5.74, 6) is 0.164. The Balaban J connectivity index is 2.20. The van der Waals surface area contributed by atoms with Gasteiger partial charge < -0.3 is 11.1 Å². The highest BCUT2D eigenvalue weighted by Gasteiger charge is 2.14. The second-order valence-electron chi connectivity index (χ2n) is 3.63. The largest absolute Gasteiger partial charge is 0.394 e. The van der Waals surface area contributed by atoms with Gasteiger partial charge in [0.05, 0.1) is 20.0 Å². The van der Waals surface area contributed by atoms with Crippen LogP contribution < -0.4 is 11.1 Å². The van der Waals surface area contributed by atoms with E-state index >= 15 is 0 Å². The standard InChI is InChI=1S/C10H11BrN4OS/c1-4-3-6(17-8(4)11)10(16)13-9-7(12)5(2)14-15-9/h3H,12H2,1-2H3,(H2,13,14,15,16). The summed E-state index contributed by atoms with van der Waals surface area (Å²) in [5, 5.41) is 9.31. The summed E-state index contributed by atoms with van der Waals surface area (Å²) < 4.78 is 0.953. The van der Waals surface area contributed by atoms with Gasteiger partial charge in [-0.2, -0.15) is 5.10 Å². The van der Waals surface area contributed by atoms with E-state index in [2.05, 4.69) is 31.4 Å². The fourth-order valence-corrected chi connectivity index (χ4v) is 2.70. The lowest BCUT2D eigenvalue weighted by atomic mass is 10.3. The number of carbonyl (C=O) groups is 1. The van der Waals surface area contributed by atoms with Gasteiger partial charge >= 0.3 is 0 Å². The molecule has 0 unspecified atom stereocenters. The van der Waals surface area contributed by atoms with Gasteiger partial charge in [0.15, 0.2) is 5.82 Å². The number of rotatable bonds is 2. The molecule has 0 aliphatic heterocycles. The molecular weight excluding hydrogens is 304 g/mol. The molecule has 1 amide bonds. The van der Waals surface area contributed by atoms with Crippen LogP contribution in [0.3, 0.4) is 0 Å². The first kappa shape index (κ1) is 12.1. The summed E-state index contributed by atoms with van der Waals surface area (Å²) in [4.78, 5) is 12.5. The van der Waals surface area contributed by atoms with Gasteiger partial charge in [0.25, 0.3) is 5.91 Å². The van der Waals surface area contributed by atoms with Crippen molar-refractivity contribution >= 4 is 44.7 Å². The highest BCUT2D eigenvalue weighted by atomic mass is 79.9. The summed E-state index contributed by atoms with van der Waals surface area (Å²) in [6, 6.07) is 1.82. The summed E-state index contributed by atoms with van der Waals surface area (Å²) >= 11 is 4.76. The maximum Gasteiger partial charge on any atom is 0.267 e. The molecule has 0 atom stereocenters. The summed E-state index contributed by atoms with van der Waals surface area (Å²) in [5.41, 5.74) is 7.99. The molecule has 17 heavy (non-hydrogen) atoms. The Morgan fingerprint density at radius 1 is 1.59 bits per heavy atom. The molecule has 0 radical (unpaired) electrons. The monoisotopic (exact) mass is 314 g/mol. The molecule has 5 nitrogen and oxygen atoms in total. The molecular formula is C10H11BrN4OS. The van der Waals surface area contributed by atoms with E-state index in [0.717, 1.165) is 15.0 Å². The number of nitrogens with one attached hydrogen (secondary N) is 2. The number of carbonyl (C=O) groups excluding carboxylic acids is 1. The lowest BCUT2D eigenvalue weighted by molar-refractivity contribution is 0.103. The van der Waals surface area contributed by atoms with E-state index in [-0.39, 0.29) is 5.91 Å². The first-order valence-electron chi connectivity index (χ1n) is 4.86. The molecule has 2 aromatic heterocycles. The number of H-pyrrole nitrogens is 1. The third-order valence-corrected chi connectivity index (χ3v) is 4.44. The smallest absolute Gasteiger partial charge is 0.267 e. The van der Waals surface area contributed by atoms with Gasteiger partial charge in [-0.25, -0.2) is 0 Å². The number of halogens is 1. The molecule has 0 aromatic carbocycles. The molecule has 0 aliphatic carbocycles.